The number of ether oxygens (including phenoxy) is 2. The van der Waals surface area contributed by atoms with E-state index in [0.717, 1.165) is 15.6 Å². The average molecular weight is 524 g/mol. The largest absolute Gasteiger partial charge is 0.491 e. The van der Waals surface area contributed by atoms with E-state index in [2.05, 4.69) is 34.8 Å². The van der Waals surface area contributed by atoms with Crippen molar-refractivity contribution >= 4 is 27.5 Å². The van der Waals surface area contributed by atoms with Gasteiger partial charge < -0.3 is 24.3 Å². The minimum Gasteiger partial charge on any atom is -0.491 e. The molecule has 0 spiro atoms. The van der Waals surface area contributed by atoms with E-state index in [9.17, 15) is 10.2 Å². The molecule has 2 N–H and O–H groups in total. The summed E-state index contributed by atoms with van der Waals surface area (Å²) in [6.07, 6.45) is 3.83. The lowest BCUT2D eigenvalue weighted by atomic mass is 9.78. The van der Waals surface area contributed by atoms with Crippen molar-refractivity contribution in [3.8, 4) is 11.5 Å². The van der Waals surface area contributed by atoms with E-state index < -0.39 is 12.2 Å². The molecular weight excluding hydrogens is 496 g/mol. The Bertz CT molecular complexity index is 980. The molecule has 0 bridgehead atoms. The highest BCUT2D eigenvalue weighted by molar-refractivity contribution is 9.10. The van der Waals surface area contributed by atoms with Crippen LogP contribution in [0.5, 0.6) is 11.5 Å². The van der Waals surface area contributed by atoms with Crippen LogP contribution in [0.4, 0.5) is 0 Å². The van der Waals surface area contributed by atoms with E-state index >= 15 is 0 Å². The van der Waals surface area contributed by atoms with Gasteiger partial charge in [0.05, 0.1) is 23.2 Å². The first-order valence-electron chi connectivity index (χ1n) is 10.3. The Morgan fingerprint density at radius 1 is 1.03 bits per heavy atom. The van der Waals surface area contributed by atoms with Crippen LogP contribution in [-0.4, -0.2) is 51.1 Å². The van der Waals surface area contributed by atoms with E-state index in [1.54, 1.807) is 18.7 Å². The zero-order chi connectivity index (χ0) is 23.1. The number of halogens is 2. The molecule has 0 saturated carbocycles. The third-order valence-corrected chi connectivity index (χ3v) is 6.24. The molecule has 0 radical (unpaired) electrons. The van der Waals surface area contributed by atoms with E-state index in [4.69, 9.17) is 21.1 Å². The third-order valence-electron chi connectivity index (χ3n) is 5.26. The van der Waals surface area contributed by atoms with Gasteiger partial charge in [0.15, 0.2) is 0 Å². The Morgan fingerprint density at radius 3 is 2.34 bits per heavy atom. The molecule has 2 aromatic carbocycles. The molecule has 32 heavy (non-hydrogen) atoms. The monoisotopic (exact) mass is 522 g/mol. The molecule has 0 aliphatic rings. The topological polar surface area (TPSA) is 76.7 Å². The first-order valence-corrected chi connectivity index (χ1v) is 11.7. The molecule has 1 aromatic heterocycles. The maximum atomic E-state index is 10.1. The molecule has 6 nitrogen and oxygen atoms in total. The van der Waals surface area contributed by atoms with E-state index in [1.807, 2.05) is 47.0 Å². The molecule has 0 fully saturated rings. The number of hydrogen-bond donors (Lipinski definition) is 2. The highest BCUT2D eigenvalue weighted by Gasteiger charge is 2.24. The Kier molecular flexibility index (Phi) is 8.59. The lowest BCUT2D eigenvalue weighted by Gasteiger charge is -2.27. The number of imidazole rings is 1. The van der Waals surface area contributed by atoms with Gasteiger partial charge in [-0.05, 0) is 51.3 Å². The lowest BCUT2D eigenvalue weighted by Crippen LogP contribution is -2.23. The van der Waals surface area contributed by atoms with Crippen molar-refractivity contribution in [1.29, 1.82) is 0 Å². The molecule has 1 heterocycles. The first kappa shape index (κ1) is 24.6. The number of alkyl halides is 1. The minimum atomic E-state index is -0.701. The van der Waals surface area contributed by atoms with Crippen molar-refractivity contribution in [2.45, 2.75) is 38.0 Å². The van der Waals surface area contributed by atoms with Crippen molar-refractivity contribution in [2.75, 3.05) is 19.1 Å². The SMILES string of the molecule is CC(C)(c1ccc(OC[C@H](O)Cn2ccnc2)cc1)c1ccc(OC[C@H](O)CCl)c(Br)c1. The molecule has 8 heteroatoms. The van der Waals surface area contributed by atoms with Gasteiger partial charge in [-0.25, -0.2) is 4.98 Å². The first-order chi connectivity index (χ1) is 15.3. The quantitative estimate of drug-likeness (QED) is 0.365. The number of benzene rings is 2. The maximum absolute atomic E-state index is 10.1. The van der Waals surface area contributed by atoms with Crippen molar-refractivity contribution in [3.63, 3.8) is 0 Å². The molecule has 0 aliphatic carbocycles. The number of hydrogen-bond acceptors (Lipinski definition) is 5. The number of nitrogens with zero attached hydrogens (tertiary/aromatic N) is 2. The van der Waals surface area contributed by atoms with Crippen LogP contribution < -0.4 is 9.47 Å². The lowest BCUT2D eigenvalue weighted by molar-refractivity contribution is 0.0924. The molecule has 172 valence electrons. The van der Waals surface area contributed by atoms with E-state index in [1.165, 1.54) is 0 Å². The third kappa shape index (κ3) is 6.48. The van der Waals surface area contributed by atoms with Crippen LogP contribution in [-0.2, 0) is 12.0 Å². The van der Waals surface area contributed by atoms with Crippen molar-refractivity contribution in [2.24, 2.45) is 0 Å². The van der Waals surface area contributed by atoms with Crippen LogP contribution in [0.3, 0.4) is 0 Å². The van der Waals surface area contributed by atoms with Gasteiger partial charge in [-0.2, -0.15) is 0 Å². The van der Waals surface area contributed by atoms with Crippen molar-refractivity contribution < 1.29 is 19.7 Å². The van der Waals surface area contributed by atoms with Crippen molar-refractivity contribution in [3.05, 3.63) is 76.8 Å². The van der Waals surface area contributed by atoms with Crippen LogP contribution in [0.1, 0.15) is 25.0 Å². The predicted octanol–water partition coefficient (Wildman–Crippen LogP) is 4.39. The highest BCUT2D eigenvalue weighted by Crippen LogP contribution is 2.36. The molecule has 3 rings (SSSR count). The molecular formula is C24H28BrClN2O4. The normalized spacial score (nSPS) is 13.6. The summed E-state index contributed by atoms with van der Waals surface area (Å²) in [5, 5.41) is 19.7. The summed E-state index contributed by atoms with van der Waals surface area (Å²) < 4.78 is 14.0. The molecule has 0 unspecified atom stereocenters. The van der Waals surface area contributed by atoms with Gasteiger partial charge in [-0.3, -0.25) is 0 Å². The summed E-state index contributed by atoms with van der Waals surface area (Å²) in [5.41, 5.74) is 1.98. The number of aliphatic hydroxyl groups is 2. The Balaban J connectivity index is 1.62. The van der Waals surface area contributed by atoms with Gasteiger partial charge in [0.2, 0.25) is 0 Å². The average Bonchev–Trinajstić information content (AvgIpc) is 3.29. The number of aromatic nitrogens is 2. The van der Waals surface area contributed by atoms with Crippen LogP contribution >= 0.6 is 27.5 Å². The fraction of sp³-hybridized carbons (Fsp3) is 0.375. The Morgan fingerprint density at radius 2 is 1.72 bits per heavy atom. The van der Waals surface area contributed by atoms with Crippen LogP contribution in [0.25, 0.3) is 0 Å². The maximum Gasteiger partial charge on any atom is 0.133 e. The number of aliphatic hydroxyl groups excluding tert-OH is 2. The molecule has 3 aromatic rings. The standard InChI is InChI=1S/C24H28BrClN2O4/c1-24(2,18-5-8-23(22(25)11-18)32-14-19(29)12-26)17-3-6-21(7-4-17)31-15-20(30)13-28-10-9-27-16-28/h3-11,16,19-20,29-30H,12-15H2,1-2H3/t19-,20-/m1/s1. The van der Waals surface area contributed by atoms with E-state index in [0.29, 0.717) is 18.0 Å². The van der Waals surface area contributed by atoms with Crippen LogP contribution in [0.2, 0.25) is 0 Å². The zero-order valence-corrected chi connectivity index (χ0v) is 20.5. The Labute approximate surface area is 201 Å². The highest BCUT2D eigenvalue weighted by atomic mass is 79.9. The Hall–Kier alpha value is -2.06. The smallest absolute Gasteiger partial charge is 0.133 e. The van der Waals surface area contributed by atoms with Gasteiger partial charge in [-0.15, -0.1) is 11.6 Å². The fourth-order valence-electron chi connectivity index (χ4n) is 3.25. The van der Waals surface area contributed by atoms with Gasteiger partial charge >= 0.3 is 0 Å². The second kappa shape index (κ2) is 11.2. The van der Waals surface area contributed by atoms with Gasteiger partial charge in [0, 0.05) is 17.8 Å². The predicted molar refractivity (Wildman–Crippen MR) is 129 cm³/mol. The summed E-state index contributed by atoms with van der Waals surface area (Å²) in [4.78, 5) is 3.97. The van der Waals surface area contributed by atoms with E-state index in [-0.39, 0.29) is 24.5 Å². The van der Waals surface area contributed by atoms with Crippen molar-refractivity contribution in [1.82, 2.24) is 9.55 Å². The molecule has 0 amide bonds. The van der Waals surface area contributed by atoms with Gasteiger partial charge in [0.1, 0.15) is 36.9 Å². The summed E-state index contributed by atoms with van der Waals surface area (Å²) >= 11 is 9.18. The molecule has 0 saturated heterocycles. The zero-order valence-electron chi connectivity index (χ0n) is 18.1. The summed E-state index contributed by atoms with van der Waals surface area (Å²) in [6, 6.07) is 13.8. The minimum absolute atomic E-state index is 0.131. The molecule has 0 aliphatic heterocycles. The number of rotatable bonds is 11. The summed E-state index contributed by atoms with van der Waals surface area (Å²) in [5.74, 6) is 1.50. The molecule has 2 atom stereocenters. The second-order valence-electron chi connectivity index (χ2n) is 8.14. The van der Waals surface area contributed by atoms with Crippen LogP contribution in [0, 0.1) is 0 Å². The summed E-state index contributed by atoms with van der Waals surface area (Å²) in [6.45, 7) is 5.08. The van der Waals surface area contributed by atoms with Crippen LogP contribution in [0.15, 0.2) is 65.7 Å². The van der Waals surface area contributed by atoms with Gasteiger partial charge in [0.25, 0.3) is 0 Å². The van der Waals surface area contributed by atoms with Gasteiger partial charge in [-0.1, -0.05) is 32.0 Å². The summed E-state index contributed by atoms with van der Waals surface area (Å²) in [7, 11) is 0. The second-order valence-corrected chi connectivity index (χ2v) is 9.30. The fourth-order valence-corrected chi connectivity index (χ4v) is 3.84.